The molecule has 1 heterocycles. The maximum atomic E-state index is 11.1. The van der Waals surface area contributed by atoms with Crippen LogP contribution in [0.5, 0.6) is 0 Å². The number of hydrogen-bond acceptors (Lipinski definition) is 3. The summed E-state index contributed by atoms with van der Waals surface area (Å²) in [5.74, 6) is -0.567. The van der Waals surface area contributed by atoms with Gasteiger partial charge >= 0.3 is 5.97 Å². The number of anilines is 1. The number of carboxylic acids is 1. The topological polar surface area (TPSA) is 81.1 Å². The van der Waals surface area contributed by atoms with Crippen molar-refractivity contribution in [2.24, 2.45) is 5.92 Å². The molecule has 0 aliphatic heterocycles. The van der Waals surface area contributed by atoms with Crippen LogP contribution in [-0.4, -0.2) is 20.9 Å². The highest BCUT2D eigenvalue weighted by atomic mass is 16.4. The van der Waals surface area contributed by atoms with Crippen LogP contribution in [0.25, 0.3) is 0 Å². The first-order valence-corrected chi connectivity index (χ1v) is 4.95. The van der Waals surface area contributed by atoms with Crippen LogP contribution in [-0.2, 0) is 4.79 Å². The van der Waals surface area contributed by atoms with Gasteiger partial charge in [-0.15, -0.1) is 0 Å². The van der Waals surface area contributed by atoms with E-state index in [1.54, 1.807) is 13.1 Å². The zero-order chi connectivity index (χ0) is 11.6. The number of rotatable bonds is 4. The van der Waals surface area contributed by atoms with E-state index in [-0.39, 0.29) is 0 Å². The van der Waals surface area contributed by atoms with Gasteiger partial charge in [-0.2, -0.15) is 5.10 Å². The standard InChI is InChI=1S/C10H17N3O2/c1-6(2)4-9(10(14)15)13-5-8(11)7(3)12-13/h5-6,9H,4,11H2,1-3H3,(H,14,15). The van der Waals surface area contributed by atoms with Crippen LogP contribution < -0.4 is 5.73 Å². The molecule has 0 fully saturated rings. The van der Waals surface area contributed by atoms with Crippen molar-refractivity contribution < 1.29 is 9.90 Å². The Hall–Kier alpha value is -1.52. The summed E-state index contributed by atoms with van der Waals surface area (Å²) in [7, 11) is 0. The molecule has 0 saturated carbocycles. The highest BCUT2D eigenvalue weighted by Gasteiger charge is 2.22. The Morgan fingerprint density at radius 3 is 2.60 bits per heavy atom. The lowest BCUT2D eigenvalue weighted by atomic mass is 10.0. The van der Waals surface area contributed by atoms with E-state index in [9.17, 15) is 4.79 Å². The predicted octanol–water partition coefficient (Wildman–Crippen LogP) is 1.45. The Bertz CT molecular complexity index is 338. The molecule has 5 nitrogen and oxygen atoms in total. The van der Waals surface area contributed by atoms with Crippen molar-refractivity contribution in [3.8, 4) is 0 Å². The minimum absolute atomic E-state index is 0.303. The number of nitrogen functional groups attached to an aromatic ring is 1. The summed E-state index contributed by atoms with van der Waals surface area (Å²) in [4.78, 5) is 11.1. The van der Waals surface area contributed by atoms with Crippen molar-refractivity contribution in [2.45, 2.75) is 33.2 Å². The molecule has 1 rings (SSSR count). The van der Waals surface area contributed by atoms with Gasteiger partial charge in [-0.05, 0) is 19.3 Å². The molecular weight excluding hydrogens is 194 g/mol. The van der Waals surface area contributed by atoms with E-state index in [2.05, 4.69) is 5.10 Å². The van der Waals surface area contributed by atoms with Gasteiger partial charge in [0.05, 0.1) is 11.4 Å². The van der Waals surface area contributed by atoms with E-state index < -0.39 is 12.0 Å². The van der Waals surface area contributed by atoms with Crippen molar-refractivity contribution >= 4 is 11.7 Å². The first-order valence-electron chi connectivity index (χ1n) is 4.95. The second kappa shape index (κ2) is 4.33. The van der Waals surface area contributed by atoms with E-state index in [1.807, 2.05) is 13.8 Å². The molecule has 3 N–H and O–H groups in total. The second-order valence-corrected chi connectivity index (χ2v) is 4.13. The summed E-state index contributed by atoms with van der Waals surface area (Å²) in [5, 5.41) is 13.2. The van der Waals surface area contributed by atoms with Crippen molar-refractivity contribution in [1.29, 1.82) is 0 Å². The fourth-order valence-corrected chi connectivity index (χ4v) is 1.42. The first-order chi connectivity index (χ1) is 6.91. The number of hydrogen-bond donors (Lipinski definition) is 2. The lowest BCUT2D eigenvalue weighted by molar-refractivity contribution is -0.141. The van der Waals surface area contributed by atoms with Crippen LogP contribution in [0.1, 0.15) is 32.0 Å². The van der Waals surface area contributed by atoms with Gasteiger partial charge in [0.2, 0.25) is 0 Å². The van der Waals surface area contributed by atoms with Gasteiger partial charge < -0.3 is 10.8 Å². The Morgan fingerprint density at radius 2 is 2.27 bits per heavy atom. The van der Waals surface area contributed by atoms with Gasteiger partial charge in [0.15, 0.2) is 0 Å². The third-order valence-corrected chi connectivity index (χ3v) is 2.25. The summed E-state index contributed by atoms with van der Waals surface area (Å²) in [5.41, 5.74) is 6.84. The molecule has 0 saturated heterocycles. The van der Waals surface area contributed by atoms with Gasteiger partial charge in [0.1, 0.15) is 6.04 Å². The predicted molar refractivity (Wildman–Crippen MR) is 57.5 cm³/mol. The number of aliphatic carboxylic acids is 1. The molecule has 0 bridgehead atoms. The van der Waals surface area contributed by atoms with Crippen LogP contribution in [0, 0.1) is 12.8 Å². The summed E-state index contributed by atoms with van der Waals surface area (Å²) in [6.45, 7) is 5.73. The molecule has 0 aliphatic carbocycles. The van der Waals surface area contributed by atoms with Crippen molar-refractivity contribution in [2.75, 3.05) is 5.73 Å². The molecule has 1 aromatic rings. The second-order valence-electron chi connectivity index (χ2n) is 4.13. The quantitative estimate of drug-likeness (QED) is 0.789. The number of nitrogens with zero attached hydrogens (tertiary/aromatic N) is 2. The van der Waals surface area contributed by atoms with Crippen LogP contribution >= 0.6 is 0 Å². The Labute approximate surface area is 88.9 Å². The summed E-state index contributed by atoms with van der Waals surface area (Å²) in [6, 6.07) is -0.624. The summed E-state index contributed by atoms with van der Waals surface area (Å²) < 4.78 is 1.44. The van der Waals surface area contributed by atoms with Gasteiger partial charge in [-0.3, -0.25) is 4.68 Å². The Kier molecular flexibility index (Phi) is 3.34. The largest absolute Gasteiger partial charge is 0.480 e. The molecule has 0 amide bonds. The Balaban J connectivity index is 2.94. The third-order valence-electron chi connectivity index (χ3n) is 2.25. The van der Waals surface area contributed by atoms with Crippen molar-refractivity contribution in [3.05, 3.63) is 11.9 Å². The number of aryl methyl sites for hydroxylation is 1. The minimum Gasteiger partial charge on any atom is -0.480 e. The van der Waals surface area contributed by atoms with Crippen LogP contribution in [0.3, 0.4) is 0 Å². The average Bonchev–Trinajstić information content (AvgIpc) is 2.42. The van der Waals surface area contributed by atoms with E-state index >= 15 is 0 Å². The van der Waals surface area contributed by atoms with E-state index in [0.29, 0.717) is 23.7 Å². The van der Waals surface area contributed by atoms with Crippen LogP contribution in [0.15, 0.2) is 6.20 Å². The highest BCUT2D eigenvalue weighted by Crippen LogP contribution is 2.19. The number of carboxylic acid groups (broad SMARTS) is 1. The Morgan fingerprint density at radius 1 is 1.67 bits per heavy atom. The number of aromatic nitrogens is 2. The minimum atomic E-state index is -0.869. The maximum Gasteiger partial charge on any atom is 0.328 e. The fourth-order valence-electron chi connectivity index (χ4n) is 1.42. The van der Waals surface area contributed by atoms with Gasteiger partial charge in [-0.25, -0.2) is 4.79 Å². The number of nitrogens with two attached hydrogens (primary N) is 1. The lowest BCUT2D eigenvalue weighted by Gasteiger charge is -2.14. The molecule has 5 heteroatoms. The summed E-state index contributed by atoms with van der Waals surface area (Å²) in [6.07, 6.45) is 2.13. The molecule has 0 aliphatic rings. The molecule has 1 aromatic heterocycles. The highest BCUT2D eigenvalue weighted by molar-refractivity contribution is 5.71. The monoisotopic (exact) mass is 211 g/mol. The van der Waals surface area contributed by atoms with Crippen LogP contribution in [0.4, 0.5) is 5.69 Å². The van der Waals surface area contributed by atoms with E-state index in [0.717, 1.165) is 0 Å². The normalized spacial score (nSPS) is 13.1. The maximum absolute atomic E-state index is 11.1. The van der Waals surface area contributed by atoms with Gasteiger partial charge in [-0.1, -0.05) is 13.8 Å². The van der Waals surface area contributed by atoms with Gasteiger partial charge in [0.25, 0.3) is 0 Å². The van der Waals surface area contributed by atoms with E-state index in [4.69, 9.17) is 10.8 Å². The van der Waals surface area contributed by atoms with Crippen molar-refractivity contribution in [1.82, 2.24) is 9.78 Å². The zero-order valence-corrected chi connectivity index (χ0v) is 9.27. The molecule has 1 unspecified atom stereocenters. The van der Waals surface area contributed by atoms with Crippen molar-refractivity contribution in [3.63, 3.8) is 0 Å². The SMILES string of the molecule is Cc1nn(C(CC(C)C)C(=O)O)cc1N. The van der Waals surface area contributed by atoms with Gasteiger partial charge in [0, 0.05) is 6.20 Å². The smallest absolute Gasteiger partial charge is 0.328 e. The first kappa shape index (κ1) is 11.6. The molecule has 1 atom stereocenters. The lowest BCUT2D eigenvalue weighted by Crippen LogP contribution is -2.21. The molecule has 15 heavy (non-hydrogen) atoms. The van der Waals surface area contributed by atoms with Crippen LogP contribution in [0.2, 0.25) is 0 Å². The fraction of sp³-hybridized carbons (Fsp3) is 0.600. The molecule has 0 aromatic carbocycles. The summed E-state index contributed by atoms with van der Waals surface area (Å²) >= 11 is 0. The average molecular weight is 211 g/mol. The third kappa shape index (κ3) is 2.71. The molecule has 0 spiro atoms. The number of carbonyl (C=O) groups is 1. The molecular formula is C10H17N3O2. The molecule has 84 valence electrons. The zero-order valence-electron chi connectivity index (χ0n) is 9.27. The molecule has 0 radical (unpaired) electrons. The van der Waals surface area contributed by atoms with E-state index in [1.165, 1.54) is 4.68 Å².